The molecule has 3 aliphatic carbocycles. The molecular formula is C15H24N2O3. The minimum absolute atomic E-state index is 0.223. The van der Waals surface area contributed by atoms with Crippen LogP contribution in [0.1, 0.15) is 40.0 Å². The van der Waals surface area contributed by atoms with E-state index in [4.69, 9.17) is 5.11 Å². The molecular weight excluding hydrogens is 256 g/mol. The van der Waals surface area contributed by atoms with Gasteiger partial charge in [-0.2, -0.15) is 0 Å². The van der Waals surface area contributed by atoms with Gasteiger partial charge < -0.3 is 15.3 Å². The second kappa shape index (κ2) is 4.37. The maximum Gasteiger partial charge on any atom is 0.323 e. The number of amides is 2. The van der Waals surface area contributed by atoms with Crippen LogP contribution in [0.3, 0.4) is 0 Å². The van der Waals surface area contributed by atoms with Gasteiger partial charge in [0.25, 0.3) is 0 Å². The number of carbonyl (C=O) groups excluding carboxylic acids is 1. The van der Waals surface area contributed by atoms with Gasteiger partial charge in [0.1, 0.15) is 6.54 Å². The van der Waals surface area contributed by atoms with Crippen molar-refractivity contribution in [2.75, 3.05) is 6.54 Å². The first-order chi connectivity index (χ1) is 9.29. The van der Waals surface area contributed by atoms with Crippen molar-refractivity contribution < 1.29 is 14.7 Å². The molecule has 0 aromatic carbocycles. The van der Waals surface area contributed by atoms with Gasteiger partial charge in [-0.3, -0.25) is 4.79 Å². The molecule has 3 aliphatic rings. The number of carbonyl (C=O) groups is 2. The minimum Gasteiger partial charge on any atom is -0.480 e. The Balaban J connectivity index is 1.62. The quantitative estimate of drug-likeness (QED) is 0.830. The number of hydrogen-bond donors (Lipinski definition) is 2. The predicted octanol–water partition coefficient (Wildman–Crippen LogP) is 1.93. The van der Waals surface area contributed by atoms with Crippen molar-refractivity contribution in [3.63, 3.8) is 0 Å². The van der Waals surface area contributed by atoms with E-state index in [1.165, 1.54) is 24.2 Å². The van der Waals surface area contributed by atoms with E-state index in [-0.39, 0.29) is 12.6 Å². The standard InChI is InChI=1S/C15H24N2O3/c1-15(2,3)17(7-10(18)19)14(20)16-13-11-8-4-5-9(6-8)12(11)13/h8-9,11-13H,4-7H2,1-3H3,(H,16,20)(H,18,19). The Morgan fingerprint density at radius 2 is 1.75 bits per heavy atom. The summed E-state index contributed by atoms with van der Waals surface area (Å²) in [7, 11) is 0. The zero-order valence-corrected chi connectivity index (χ0v) is 12.4. The van der Waals surface area contributed by atoms with Gasteiger partial charge in [-0.25, -0.2) is 4.79 Å². The molecule has 20 heavy (non-hydrogen) atoms. The van der Waals surface area contributed by atoms with E-state index in [2.05, 4.69) is 5.32 Å². The SMILES string of the molecule is CC(C)(C)N(CC(=O)O)C(=O)NC1C2C3CCC(C3)C12. The molecule has 0 aliphatic heterocycles. The molecule has 4 atom stereocenters. The topological polar surface area (TPSA) is 69.6 Å². The second-order valence-electron chi connectivity index (χ2n) is 7.61. The summed E-state index contributed by atoms with van der Waals surface area (Å²) in [4.78, 5) is 24.8. The molecule has 0 aromatic rings. The first-order valence-corrected chi connectivity index (χ1v) is 7.59. The molecule has 5 nitrogen and oxygen atoms in total. The van der Waals surface area contributed by atoms with Crippen LogP contribution < -0.4 is 5.32 Å². The van der Waals surface area contributed by atoms with Crippen molar-refractivity contribution in [3.05, 3.63) is 0 Å². The number of fused-ring (bicyclic) bond motifs is 5. The highest BCUT2D eigenvalue weighted by molar-refractivity contribution is 5.81. The fourth-order valence-electron chi connectivity index (χ4n) is 4.49. The summed E-state index contributed by atoms with van der Waals surface area (Å²) in [5.41, 5.74) is -0.481. The molecule has 3 saturated carbocycles. The molecule has 2 amide bonds. The normalized spacial score (nSPS) is 37.5. The van der Waals surface area contributed by atoms with Crippen molar-refractivity contribution in [2.24, 2.45) is 23.7 Å². The Labute approximate surface area is 119 Å². The highest BCUT2D eigenvalue weighted by Gasteiger charge is 2.65. The molecule has 112 valence electrons. The van der Waals surface area contributed by atoms with Crippen molar-refractivity contribution in [2.45, 2.75) is 51.6 Å². The number of carboxylic acid groups (broad SMARTS) is 1. The lowest BCUT2D eigenvalue weighted by Crippen LogP contribution is -2.53. The number of nitrogens with one attached hydrogen (secondary N) is 1. The summed E-state index contributed by atoms with van der Waals surface area (Å²) in [6.45, 7) is 5.36. The third kappa shape index (κ3) is 2.17. The third-order valence-corrected chi connectivity index (χ3v) is 5.37. The smallest absolute Gasteiger partial charge is 0.323 e. The van der Waals surface area contributed by atoms with Gasteiger partial charge in [0, 0.05) is 11.6 Å². The Morgan fingerprint density at radius 3 is 2.20 bits per heavy atom. The van der Waals surface area contributed by atoms with E-state index >= 15 is 0 Å². The molecule has 3 rings (SSSR count). The molecule has 2 N–H and O–H groups in total. The molecule has 3 fully saturated rings. The fourth-order valence-corrected chi connectivity index (χ4v) is 4.49. The van der Waals surface area contributed by atoms with Crippen LogP contribution in [0.4, 0.5) is 4.79 Å². The van der Waals surface area contributed by atoms with E-state index in [0.29, 0.717) is 17.9 Å². The molecule has 4 unspecified atom stereocenters. The van der Waals surface area contributed by atoms with Gasteiger partial charge in [0.05, 0.1) is 0 Å². The minimum atomic E-state index is -0.967. The first kappa shape index (κ1) is 13.7. The zero-order valence-electron chi connectivity index (χ0n) is 12.4. The van der Waals surface area contributed by atoms with Crippen molar-refractivity contribution in [3.8, 4) is 0 Å². The average molecular weight is 280 g/mol. The number of carboxylic acids is 1. The van der Waals surface area contributed by atoms with Crippen LogP contribution in [0.2, 0.25) is 0 Å². The Bertz CT molecular complexity index is 427. The summed E-state index contributed by atoms with van der Waals surface area (Å²) in [5, 5.41) is 12.1. The summed E-state index contributed by atoms with van der Waals surface area (Å²) >= 11 is 0. The highest BCUT2D eigenvalue weighted by Crippen LogP contribution is 2.65. The predicted molar refractivity (Wildman–Crippen MR) is 74.2 cm³/mol. The zero-order chi connectivity index (χ0) is 14.7. The van der Waals surface area contributed by atoms with E-state index in [0.717, 1.165) is 11.8 Å². The fraction of sp³-hybridized carbons (Fsp3) is 0.867. The molecule has 0 radical (unpaired) electrons. The maximum atomic E-state index is 12.4. The molecule has 0 heterocycles. The van der Waals surface area contributed by atoms with E-state index in [1.54, 1.807) is 0 Å². The van der Waals surface area contributed by atoms with Gasteiger partial charge in [-0.1, -0.05) is 0 Å². The lowest BCUT2D eigenvalue weighted by molar-refractivity contribution is -0.138. The lowest BCUT2D eigenvalue weighted by atomic mass is 10.0. The lowest BCUT2D eigenvalue weighted by Gasteiger charge is -2.34. The summed E-state index contributed by atoms with van der Waals surface area (Å²) in [6.07, 6.45) is 3.98. The highest BCUT2D eigenvalue weighted by atomic mass is 16.4. The average Bonchev–Trinajstić information content (AvgIpc) is 2.72. The van der Waals surface area contributed by atoms with Crippen molar-refractivity contribution in [1.82, 2.24) is 10.2 Å². The Kier molecular flexibility index (Phi) is 2.99. The summed E-state index contributed by atoms with van der Waals surface area (Å²) in [6, 6.07) is 0.0751. The summed E-state index contributed by atoms with van der Waals surface area (Å²) < 4.78 is 0. The number of aliphatic carboxylic acids is 1. The molecule has 0 spiro atoms. The second-order valence-corrected chi connectivity index (χ2v) is 7.61. The number of rotatable bonds is 3. The molecule has 0 saturated heterocycles. The van der Waals surface area contributed by atoms with E-state index in [9.17, 15) is 9.59 Å². The molecule has 5 heteroatoms. The van der Waals surface area contributed by atoms with Gasteiger partial charge in [0.15, 0.2) is 0 Å². The number of urea groups is 1. The van der Waals surface area contributed by atoms with Crippen LogP contribution in [-0.4, -0.2) is 40.1 Å². The largest absolute Gasteiger partial charge is 0.480 e. The van der Waals surface area contributed by atoms with Crippen LogP contribution in [-0.2, 0) is 4.79 Å². The number of nitrogens with zero attached hydrogens (tertiary/aromatic N) is 1. The van der Waals surface area contributed by atoms with Crippen LogP contribution in [0, 0.1) is 23.7 Å². The van der Waals surface area contributed by atoms with Crippen LogP contribution in [0.25, 0.3) is 0 Å². The van der Waals surface area contributed by atoms with Crippen LogP contribution >= 0.6 is 0 Å². The van der Waals surface area contributed by atoms with Gasteiger partial charge in [-0.15, -0.1) is 0 Å². The molecule has 2 bridgehead atoms. The Morgan fingerprint density at radius 1 is 1.20 bits per heavy atom. The Hall–Kier alpha value is -1.26. The third-order valence-electron chi connectivity index (χ3n) is 5.37. The molecule has 0 aromatic heterocycles. The number of hydrogen-bond acceptors (Lipinski definition) is 2. The summed E-state index contributed by atoms with van der Waals surface area (Å²) in [5.74, 6) is 1.98. The van der Waals surface area contributed by atoms with Crippen molar-refractivity contribution >= 4 is 12.0 Å². The maximum absolute atomic E-state index is 12.4. The van der Waals surface area contributed by atoms with Crippen LogP contribution in [0.5, 0.6) is 0 Å². The van der Waals surface area contributed by atoms with Gasteiger partial charge in [-0.05, 0) is 63.7 Å². The van der Waals surface area contributed by atoms with Crippen LogP contribution in [0.15, 0.2) is 0 Å². The van der Waals surface area contributed by atoms with Crippen molar-refractivity contribution in [1.29, 1.82) is 0 Å². The monoisotopic (exact) mass is 280 g/mol. The first-order valence-electron chi connectivity index (χ1n) is 7.59. The van der Waals surface area contributed by atoms with Gasteiger partial charge >= 0.3 is 12.0 Å². The van der Waals surface area contributed by atoms with E-state index < -0.39 is 11.5 Å². The van der Waals surface area contributed by atoms with Gasteiger partial charge in [0.2, 0.25) is 0 Å². The van der Waals surface area contributed by atoms with E-state index in [1.807, 2.05) is 20.8 Å².